The fraction of sp³-hybridized carbons (Fsp3) is 0.281. The molecule has 0 aliphatic heterocycles. The van der Waals surface area contributed by atoms with Crippen LogP contribution in [0, 0.1) is 0 Å². The van der Waals surface area contributed by atoms with Crippen LogP contribution in [-0.4, -0.2) is 189 Å². The van der Waals surface area contributed by atoms with Gasteiger partial charge in [0.2, 0.25) is 53.5 Å². The first-order valence-electron chi connectivity index (χ1n) is 43.4. The third-order valence-corrected chi connectivity index (χ3v) is 23.8. The SMILES string of the molecule is CCc1c(CNc2nc(N[C@@H](Cc3c[nH]c4ccccc34)C(=O)OC)nc(N[C@H](Cc3c[nH]c4ccccc34)C(=O)OC)n2)c(CC)c(CNc2nc(N[C@@H](Cc3c[nH]c4ccccc34)C(=O)OC)nc(N[C@H](Cc3c[nH]c4ccccc34)C(=O)OC)n2)c(CC)c1CNc1nc(N[C@@H](Cc2c[nH]c3ccccc23)C(=O)OC)nc(N[C@H](Cc2c[nH]c3ccccc23)C(=O)OC)n1. The lowest BCUT2D eigenvalue weighted by molar-refractivity contribution is -0.142. The Balaban J connectivity index is 0.819. The van der Waals surface area contributed by atoms with Gasteiger partial charge < -0.3 is 106 Å². The highest BCUT2D eigenvalue weighted by molar-refractivity contribution is 5.92. The van der Waals surface area contributed by atoms with Crippen molar-refractivity contribution in [1.82, 2.24) is 74.8 Å². The number of hydrogen-bond acceptors (Lipinski definition) is 30. The third kappa shape index (κ3) is 20.1. The largest absolute Gasteiger partial charge is 0.467 e. The number of fused-ring (bicyclic) bond motifs is 6. The van der Waals surface area contributed by atoms with E-state index in [9.17, 15) is 28.8 Å². The maximum Gasteiger partial charge on any atom is 0.328 e. The van der Waals surface area contributed by atoms with Crippen molar-refractivity contribution in [3.05, 3.63) is 250 Å². The Morgan fingerprint density at radius 2 is 0.402 bits per heavy atom. The number of anilines is 9. The van der Waals surface area contributed by atoms with Crippen molar-refractivity contribution in [3.63, 3.8) is 0 Å². The summed E-state index contributed by atoms with van der Waals surface area (Å²) in [5.74, 6) is -3.91. The zero-order valence-electron chi connectivity index (χ0n) is 74.2. The lowest BCUT2D eigenvalue weighted by Gasteiger charge is -2.27. The Morgan fingerprint density at radius 1 is 0.242 bits per heavy atom. The van der Waals surface area contributed by atoms with Crippen LogP contribution >= 0.6 is 0 Å². The van der Waals surface area contributed by atoms with E-state index in [2.05, 4.69) is 98.5 Å². The molecule has 678 valence electrons. The lowest BCUT2D eigenvalue weighted by Crippen LogP contribution is -2.35. The van der Waals surface area contributed by atoms with Gasteiger partial charge >= 0.3 is 35.8 Å². The molecule has 0 spiro atoms. The molecule has 9 heterocycles. The number of methoxy groups -OCH3 is 6. The molecule has 36 nitrogen and oxygen atoms in total. The van der Waals surface area contributed by atoms with E-state index in [1.54, 1.807) is 0 Å². The van der Waals surface area contributed by atoms with Gasteiger partial charge in [-0.2, -0.15) is 44.9 Å². The minimum absolute atomic E-state index is 0.0229. The molecule has 0 fully saturated rings. The first kappa shape index (κ1) is 89.2. The van der Waals surface area contributed by atoms with Crippen LogP contribution in [0.25, 0.3) is 65.4 Å². The maximum atomic E-state index is 14.2. The first-order valence-corrected chi connectivity index (χ1v) is 43.4. The number of carbonyl (C=O) groups is 6. The highest BCUT2D eigenvalue weighted by Gasteiger charge is 2.33. The predicted molar refractivity (Wildman–Crippen MR) is 505 cm³/mol. The average Bonchev–Trinajstić information content (AvgIpc) is 1.43. The number of H-pyrrole nitrogens is 6. The molecule has 0 bridgehead atoms. The number of para-hydroxylation sites is 6. The summed E-state index contributed by atoms with van der Waals surface area (Å²) in [4.78, 5) is 149. The second-order valence-electron chi connectivity index (χ2n) is 31.6. The summed E-state index contributed by atoms with van der Waals surface area (Å²) in [6, 6.07) is 40.1. The summed E-state index contributed by atoms with van der Waals surface area (Å²) in [5.41, 5.74) is 15.1. The van der Waals surface area contributed by atoms with Crippen molar-refractivity contribution in [2.24, 2.45) is 0 Å². The van der Waals surface area contributed by atoms with E-state index in [4.69, 9.17) is 73.3 Å². The minimum atomic E-state index is -1.06. The highest BCUT2D eigenvalue weighted by Crippen LogP contribution is 2.36. The van der Waals surface area contributed by atoms with E-state index >= 15 is 0 Å². The molecule has 16 rings (SSSR count). The molecular weight excluding hydrogens is 1680 g/mol. The Kier molecular flexibility index (Phi) is 27.6. The molecule has 132 heavy (non-hydrogen) atoms. The number of nitrogens with zero attached hydrogens (tertiary/aromatic N) is 9. The Bertz CT molecular complexity index is 5860. The monoisotopic (exact) mass is 1780 g/mol. The number of nitrogens with one attached hydrogen (secondary N) is 15. The number of ether oxygens (including phenoxy) is 6. The van der Waals surface area contributed by atoms with Crippen LogP contribution in [0.1, 0.15) is 87.5 Å². The molecule has 6 atom stereocenters. The molecule has 0 amide bonds. The Hall–Kier alpha value is -16.2. The van der Waals surface area contributed by atoms with Gasteiger partial charge in [-0.15, -0.1) is 0 Å². The summed E-state index contributed by atoms with van der Waals surface area (Å²) < 4.78 is 32.8. The van der Waals surface area contributed by atoms with Crippen molar-refractivity contribution in [2.75, 3.05) is 90.5 Å². The molecule has 15 N–H and O–H groups in total. The summed E-state index contributed by atoms with van der Waals surface area (Å²) in [6.07, 6.45) is 13.1. The van der Waals surface area contributed by atoms with Gasteiger partial charge in [0.25, 0.3) is 0 Å². The zero-order valence-corrected chi connectivity index (χ0v) is 74.2. The fourth-order valence-corrected chi connectivity index (χ4v) is 17.3. The van der Waals surface area contributed by atoms with Crippen LogP contribution in [0.4, 0.5) is 53.5 Å². The first-order chi connectivity index (χ1) is 64.4. The number of hydrogen-bond donors (Lipinski definition) is 15. The lowest BCUT2D eigenvalue weighted by atomic mass is 9.83. The van der Waals surface area contributed by atoms with E-state index in [0.29, 0.717) is 19.3 Å². The second-order valence-corrected chi connectivity index (χ2v) is 31.6. The van der Waals surface area contributed by atoms with E-state index in [1.165, 1.54) is 42.7 Å². The van der Waals surface area contributed by atoms with Gasteiger partial charge in [-0.3, -0.25) is 0 Å². The molecule has 9 aromatic heterocycles. The normalized spacial score (nSPS) is 12.8. The number of esters is 6. The summed E-state index contributed by atoms with van der Waals surface area (Å²) >= 11 is 0. The van der Waals surface area contributed by atoms with Crippen molar-refractivity contribution in [1.29, 1.82) is 0 Å². The highest BCUT2D eigenvalue weighted by atomic mass is 16.5. The van der Waals surface area contributed by atoms with Crippen LogP contribution < -0.4 is 47.9 Å². The average molecular weight is 1780 g/mol. The van der Waals surface area contributed by atoms with Gasteiger partial charge in [-0.05, 0) is 122 Å². The van der Waals surface area contributed by atoms with Crippen molar-refractivity contribution in [3.8, 4) is 0 Å². The van der Waals surface area contributed by atoms with Gasteiger partial charge in [0.1, 0.15) is 36.3 Å². The van der Waals surface area contributed by atoms with Crippen molar-refractivity contribution in [2.45, 2.75) is 134 Å². The van der Waals surface area contributed by atoms with Gasteiger partial charge in [0, 0.05) is 161 Å². The quantitative estimate of drug-likeness (QED) is 0.0125. The van der Waals surface area contributed by atoms with Crippen LogP contribution in [0.2, 0.25) is 0 Å². The number of carbonyl (C=O) groups excluding carboxylic acids is 6. The topological polar surface area (TPSA) is 477 Å². The Morgan fingerprint density at radius 3 is 0.561 bits per heavy atom. The summed E-state index contributed by atoms with van der Waals surface area (Å²) in [7, 11) is 7.82. The zero-order chi connectivity index (χ0) is 91.9. The minimum Gasteiger partial charge on any atom is -0.467 e. The van der Waals surface area contributed by atoms with Gasteiger partial charge in [-0.1, -0.05) is 130 Å². The van der Waals surface area contributed by atoms with E-state index in [0.717, 1.165) is 132 Å². The van der Waals surface area contributed by atoms with Crippen LogP contribution in [0.5, 0.6) is 0 Å². The van der Waals surface area contributed by atoms with Gasteiger partial charge in [-0.25, -0.2) is 28.8 Å². The molecule has 36 heteroatoms. The number of benzene rings is 7. The van der Waals surface area contributed by atoms with Crippen LogP contribution in [0.15, 0.2) is 183 Å². The van der Waals surface area contributed by atoms with Crippen LogP contribution in [-0.2, 0) is 135 Å². The van der Waals surface area contributed by atoms with E-state index in [1.807, 2.05) is 183 Å². The number of rotatable bonds is 42. The van der Waals surface area contributed by atoms with Gasteiger partial charge in [0.15, 0.2) is 0 Å². The van der Waals surface area contributed by atoms with E-state index < -0.39 is 72.1 Å². The molecule has 0 saturated carbocycles. The standard InChI is InChI=1S/C96H102N24O12/c1-10-58-67(49-103-88-112-91(106-76(82(121)127-4)37-52-43-97-70-31-19-13-25-61(52)70)118-92(113-88)107-77(83(122)128-5)38-53-44-98-71-32-20-14-26-62(53)71)59(11-2)69(51-105-90-116-95(110-80(86(125)131-8)41-56-47-101-74-35-23-17-29-65(56)74)120-96(117-90)111-81(87(126)132-9)42-57-48-102-75-36-24-18-30-66(57)75)60(12-3)68(58)50-104-89-114-93(108-78(84(123)129-6)39-54-45-99-72-33-21-15-27-63(54)72)119-94(115-89)109-79(85(124)130-7)40-55-46-100-73-34-22-16-28-64(55)73/h13-36,43-48,76-81,97-102H,10-12,37-42,49-51H2,1-9H3,(H3,103,106,107,112,113,118)(H3,104,108,109,114,115,119)(H3,105,110,111,116,117,120)/t76-,77+,78-,79+,80-,81+. The third-order valence-electron chi connectivity index (χ3n) is 23.8. The number of aromatic nitrogens is 15. The summed E-state index contributed by atoms with van der Waals surface area (Å²) in [5, 5.41) is 35.8. The van der Waals surface area contributed by atoms with Crippen LogP contribution in [0.3, 0.4) is 0 Å². The molecule has 0 aliphatic carbocycles. The fourth-order valence-electron chi connectivity index (χ4n) is 17.3. The summed E-state index contributed by atoms with van der Waals surface area (Å²) in [6.45, 7) is 6.24. The van der Waals surface area contributed by atoms with E-state index in [-0.39, 0.29) is 112 Å². The molecule has 0 saturated heterocycles. The second kappa shape index (κ2) is 40.9. The number of aromatic amines is 6. The van der Waals surface area contributed by atoms with Gasteiger partial charge in [0.05, 0.1) is 42.7 Å². The van der Waals surface area contributed by atoms with Crippen molar-refractivity contribution < 1.29 is 57.2 Å². The predicted octanol–water partition coefficient (Wildman–Crippen LogP) is 12.8. The molecule has 0 aliphatic rings. The molecular formula is C96H102N24O12. The molecule has 16 aromatic rings. The maximum absolute atomic E-state index is 14.2. The smallest absolute Gasteiger partial charge is 0.328 e. The molecule has 0 unspecified atom stereocenters. The van der Waals surface area contributed by atoms with Crippen molar-refractivity contribution >= 4 is 155 Å². The molecule has 7 aromatic carbocycles. The molecule has 0 radical (unpaired) electrons. The Labute approximate surface area is 757 Å².